The predicted octanol–water partition coefficient (Wildman–Crippen LogP) is 2.37. The van der Waals surface area contributed by atoms with Gasteiger partial charge in [-0.05, 0) is 43.4 Å². The van der Waals surface area contributed by atoms with Crippen molar-refractivity contribution in [3.05, 3.63) is 54.1 Å². The lowest BCUT2D eigenvalue weighted by Gasteiger charge is -2.49. The normalized spacial score (nSPS) is 24.9. The van der Waals surface area contributed by atoms with Gasteiger partial charge in [0, 0.05) is 49.4 Å². The lowest BCUT2D eigenvalue weighted by atomic mass is 9.73. The number of aliphatic hydroxyl groups is 2. The number of carbonyl (C=O) groups is 1. The zero-order chi connectivity index (χ0) is 24.0. The molecule has 0 spiro atoms. The largest absolute Gasteiger partial charge is 0.483 e. The Bertz CT molecular complexity index is 934. The second kappa shape index (κ2) is 11.1. The molecule has 8 nitrogen and oxygen atoms in total. The van der Waals surface area contributed by atoms with Crippen LogP contribution in [0.15, 0.2) is 48.5 Å². The smallest absolute Gasteiger partial charge is 0.290 e. The predicted molar refractivity (Wildman–Crippen MR) is 128 cm³/mol. The Labute approximate surface area is 200 Å². The highest BCUT2D eigenvalue weighted by Crippen LogP contribution is 2.38. The Morgan fingerprint density at radius 1 is 1.00 bits per heavy atom. The standard InChI is InChI=1S/C25H32N2O4.CH2O2/c28-17-25(15-19-4-2-1-3-5-19)16-27(13-10-24(25)29)20-8-11-26(12-9-20)21-6-7-22-23(14-21)31-18-30-22;2-1-3/h1-7,14,20,24,28-29H,8-13,15-18H2;1H,(H,2,3)/t24-,25+;/m0./s1. The highest BCUT2D eigenvalue weighted by atomic mass is 16.7. The number of nitrogens with zero attached hydrogens (tertiary/aromatic N) is 2. The van der Waals surface area contributed by atoms with Gasteiger partial charge in [0.15, 0.2) is 11.5 Å². The summed E-state index contributed by atoms with van der Waals surface area (Å²) in [6, 6.07) is 16.9. The number of ether oxygens (including phenoxy) is 2. The van der Waals surface area contributed by atoms with Gasteiger partial charge < -0.3 is 29.7 Å². The van der Waals surface area contributed by atoms with E-state index < -0.39 is 11.5 Å². The van der Waals surface area contributed by atoms with Gasteiger partial charge in [0.25, 0.3) is 6.47 Å². The molecule has 5 rings (SSSR count). The average Bonchev–Trinajstić information content (AvgIpc) is 3.35. The van der Waals surface area contributed by atoms with Crippen LogP contribution in [0.5, 0.6) is 11.5 Å². The van der Waals surface area contributed by atoms with Crippen molar-refractivity contribution >= 4 is 12.2 Å². The second-order valence-corrected chi connectivity index (χ2v) is 9.32. The van der Waals surface area contributed by atoms with Crippen molar-refractivity contribution in [1.82, 2.24) is 4.90 Å². The molecule has 0 aliphatic carbocycles. The minimum absolute atomic E-state index is 0.00953. The third-order valence-electron chi connectivity index (χ3n) is 7.33. The molecule has 2 atom stereocenters. The van der Waals surface area contributed by atoms with E-state index in [0.29, 0.717) is 19.3 Å². The molecule has 0 saturated carbocycles. The third kappa shape index (κ3) is 5.29. The van der Waals surface area contributed by atoms with Gasteiger partial charge in [-0.2, -0.15) is 0 Å². The van der Waals surface area contributed by atoms with Crippen molar-refractivity contribution in [2.75, 3.05) is 44.5 Å². The van der Waals surface area contributed by atoms with Gasteiger partial charge in [0.05, 0.1) is 12.7 Å². The van der Waals surface area contributed by atoms with Gasteiger partial charge in [-0.25, -0.2) is 0 Å². The maximum Gasteiger partial charge on any atom is 0.290 e. The topological polar surface area (TPSA) is 103 Å². The molecular weight excluding hydrogens is 436 g/mol. The van der Waals surface area contributed by atoms with Crippen LogP contribution in [0.3, 0.4) is 0 Å². The lowest BCUT2D eigenvalue weighted by Crippen LogP contribution is -2.58. The third-order valence-corrected chi connectivity index (χ3v) is 7.33. The van der Waals surface area contributed by atoms with Crippen LogP contribution >= 0.6 is 0 Å². The summed E-state index contributed by atoms with van der Waals surface area (Å²) in [4.78, 5) is 13.3. The molecule has 3 N–H and O–H groups in total. The van der Waals surface area contributed by atoms with Gasteiger partial charge in [0.2, 0.25) is 6.79 Å². The van der Waals surface area contributed by atoms with Crippen LogP contribution in [0.4, 0.5) is 5.69 Å². The summed E-state index contributed by atoms with van der Waals surface area (Å²) in [6.07, 6.45) is 3.12. The number of rotatable bonds is 5. The van der Waals surface area contributed by atoms with Crippen LogP contribution in [0.25, 0.3) is 0 Å². The fourth-order valence-electron chi connectivity index (χ4n) is 5.45. The molecule has 2 fully saturated rings. The lowest BCUT2D eigenvalue weighted by molar-refractivity contribution is -0.122. The quantitative estimate of drug-likeness (QED) is 0.573. The Balaban J connectivity index is 0.000000868. The molecule has 184 valence electrons. The summed E-state index contributed by atoms with van der Waals surface area (Å²) >= 11 is 0. The maximum absolute atomic E-state index is 10.8. The van der Waals surface area contributed by atoms with Crippen molar-refractivity contribution in [2.24, 2.45) is 5.41 Å². The van der Waals surface area contributed by atoms with E-state index in [1.165, 1.54) is 11.3 Å². The fraction of sp³-hybridized carbons (Fsp3) is 0.500. The van der Waals surface area contributed by atoms with Gasteiger partial charge >= 0.3 is 0 Å². The van der Waals surface area contributed by atoms with Crippen LogP contribution in [-0.4, -0.2) is 78.4 Å². The highest BCUT2D eigenvalue weighted by molar-refractivity contribution is 5.57. The minimum Gasteiger partial charge on any atom is -0.483 e. The number of fused-ring (bicyclic) bond motifs is 1. The van der Waals surface area contributed by atoms with Crippen LogP contribution < -0.4 is 14.4 Å². The molecule has 8 heteroatoms. The first-order chi connectivity index (χ1) is 16.6. The molecule has 0 bridgehead atoms. The van der Waals surface area contributed by atoms with E-state index in [1.54, 1.807) is 0 Å². The van der Waals surface area contributed by atoms with E-state index >= 15 is 0 Å². The van der Waals surface area contributed by atoms with Crippen LogP contribution in [0, 0.1) is 5.41 Å². The summed E-state index contributed by atoms with van der Waals surface area (Å²) in [5.74, 6) is 1.66. The number of hydrogen-bond acceptors (Lipinski definition) is 7. The van der Waals surface area contributed by atoms with E-state index in [9.17, 15) is 10.2 Å². The van der Waals surface area contributed by atoms with E-state index in [2.05, 4.69) is 34.1 Å². The second-order valence-electron chi connectivity index (χ2n) is 9.32. The first kappa shape index (κ1) is 24.3. The van der Waals surface area contributed by atoms with Crippen molar-refractivity contribution in [3.8, 4) is 11.5 Å². The zero-order valence-electron chi connectivity index (χ0n) is 19.4. The molecule has 2 saturated heterocycles. The van der Waals surface area contributed by atoms with Crippen LogP contribution in [0.1, 0.15) is 24.8 Å². The van der Waals surface area contributed by atoms with Gasteiger partial charge in [0.1, 0.15) is 0 Å². The monoisotopic (exact) mass is 470 g/mol. The molecule has 2 aromatic rings. The number of benzene rings is 2. The minimum atomic E-state index is -0.492. The number of carboxylic acid groups (broad SMARTS) is 1. The van der Waals surface area contributed by atoms with E-state index in [1.807, 2.05) is 24.3 Å². The molecule has 0 amide bonds. The number of anilines is 1. The maximum atomic E-state index is 10.8. The molecule has 3 aliphatic heterocycles. The molecular formula is C26H34N2O6. The van der Waals surface area contributed by atoms with E-state index in [-0.39, 0.29) is 13.1 Å². The number of aliphatic hydroxyl groups excluding tert-OH is 2. The molecule has 0 unspecified atom stereocenters. The van der Waals surface area contributed by atoms with Crippen molar-refractivity contribution in [3.63, 3.8) is 0 Å². The Morgan fingerprint density at radius 3 is 2.41 bits per heavy atom. The Kier molecular flexibility index (Phi) is 7.92. The Morgan fingerprint density at radius 2 is 1.71 bits per heavy atom. The van der Waals surface area contributed by atoms with E-state index in [4.69, 9.17) is 19.4 Å². The number of hydrogen-bond donors (Lipinski definition) is 3. The van der Waals surface area contributed by atoms with E-state index in [0.717, 1.165) is 56.9 Å². The first-order valence-corrected chi connectivity index (χ1v) is 11.9. The molecule has 0 aromatic heterocycles. The highest BCUT2D eigenvalue weighted by Gasteiger charge is 2.44. The molecule has 2 aromatic carbocycles. The van der Waals surface area contributed by atoms with Crippen molar-refractivity contribution in [2.45, 2.75) is 37.8 Å². The first-order valence-electron chi connectivity index (χ1n) is 11.9. The molecule has 3 aliphatic rings. The summed E-state index contributed by atoms with van der Waals surface area (Å²) in [5, 5.41) is 28.1. The SMILES string of the molecule is O=CO.OC[C@@]1(Cc2ccccc2)CN(C2CCN(c3ccc4c(c3)OCO4)CC2)CC[C@@H]1O. The number of piperidine rings is 2. The fourth-order valence-corrected chi connectivity index (χ4v) is 5.45. The zero-order valence-corrected chi connectivity index (χ0v) is 19.4. The van der Waals surface area contributed by atoms with Gasteiger partial charge in [-0.1, -0.05) is 30.3 Å². The Hall–Kier alpha value is -2.81. The van der Waals surface area contributed by atoms with Crippen molar-refractivity contribution < 1.29 is 29.6 Å². The summed E-state index contributed by atoms with van der Waals surface area (Å²) < 4.78 is 11.0. The summed E-state index contributed by atoms with van der Waals surface area (Å²) in [5.41, 5.74) is 1.87. The summed E-state index contributed by atoms with van der Waals surface area (Å²) in [6.45, 7) is 3.69. The average molecular weight is 471 g/mol. The molecule has 34 heavy (non-hydrogen) atoms. The number of likely N-dealkylation sites (tertiary alicyclic amines) is 1. The molecule has 3 heterocycles. The van der Waals surface area contributed by atoms with Crippen LogP contribution in [-0.2, 0) is 11.2 Å². The van der Waals surface area contributed by atoms with Gasteiger partial charge in [-0.3, -0.25) is 9.69 Å². The summed E-state index contributed by atoms with van der Waals surface area (Å²) in [7, 11) is 0. The van der Waals surface area contributed by atoms with Crippen molar-refractivity contribution in [1.29, 1.82) is 0 Å². The van der Waals surface area contributed by atoms with Gasteiger partial charge in [-0.15, -0.1) is 0 Å². The van der Waals surface area contributed by atoms with Crippen LogP contribution in [0.2, 0.25) is 0 Å². The molecule has 0 radical (unpaired) electrons.